The largest absolute Gasteiger partial charge is 0.483 e. The van der Waals surface area contributed by atoms with Crippen molar-refractivity contribution in [3.8, 4) is 5.75 Å². The normalized spacial score (nSPS) is 18.3. The van der Waals surface area contributed by atoms with Gasteiger partial charge in [-0.1, -0.05) is 30.7 Å². The number of likely N-dealkylation sites (tertiary alicyclic amines) is 1. The third-order valence-electron chi connectivity index (χ3n) is 5.41. The van der Waals surface area contributed by atoms with Crippen molar-refractivity contribution in [2.75, 3.05) is 19.7 Å². The van der Waals surface area contributed by atoms with Gasteiger partial charge in [0.1, 0.15) is 5.75 Å². The van der Waals surface area contributed by atoms with E-state index in [-0.39, 0.29) is 24.5 Å². The molecule has 1 N–H and O–H groups in total. The van der Waals surface area contributed by atoms with E-state index in [0.717, 1.165) is 43.5 Å². The van der Waals surface area contributed by atoms with Crippen LogP contribution < -0.4 is 10.1 Å². The van der Waals surface area contributed by atoms with E-state index in [9.17, 15) is 9.59 Å². The van der Waals surface area contributed by atoms with Crippen molar-refractivity contribution in [1.82, 2.24) is 10.2 Å². The minimum absolute atomic E-state index is 0.0300. The van der Waals surface area contributed by atoms with E-state index < -0.39 is 0 Å². The number of nitrogens with zero attached hydrogens (tertiary/aromatic N) is 1. The molecule has 1 heterocycles. The second-order valence-corrected chi connectivity index (χ2v) is 7.55. The van der Waals surface area contributed by atoms with Gasteiger partial charge in [-0.05, 0) is 51.0 Å². The Hall–Kier alpha value is -2.30. The molecule has 1 aliphatic heterocycles. The quantitative estimate of drug-likeness (QED) is 0.711. The van der Waals surface area contributed by atoms with Gasteiger partial charge in [0, 0.05) is 24.7 Å². The second-order valence-electron chi connectivity index (χ2n) is 7.55. The predicted molar refractivity (Wildman–Crippen MR) is 105 cm³/mol. The Labute approximate surface area is 161 Å². The molecule has 5 heteroatoms. The SMILES string of the molecule is CC[C@@H](NC(=O)/C=C(\C)C1CC1)c1ccccc1OCC(=O)N1CCCC1. The highest BCUT2D eigenvalue weighted by Gasteiger charge is 2.24. The predicted octanol–water partition coefficient (Wildman–Crippen LogP) is 3.61. The number of nitrogens with one attached hydrogen (secondary N) is 1. The average molecular weight is 370 g/mol. The van der Waals surface area contributed by atoms with E-state index in [1.54, 1.807) is 6.08 Å². The van der Waals surface area contributed by atoms with Crippen LogP contribution in [0.1, 0.15) is 57.6 Å². The summed E-state index contributed by atoms with van der Waals surface area (Å²) in [7, 11) is 0. The number of carbonyl (C=O) groups is 2. The van der Waals surface area contributed by atoms with E-state index in [1.165, 1.54) is 12.8 Å². The molecule has 1 atom stereocenters. The molecule has 1 aromatic carbocycles. The van der Waals surface area contributed by atoms with Gasteiger partial charge in [0.2, 0.25) is 5.91 Å². The van der Waals surface area contributed by atoms with Crippen LogP contribution in [0.3, 0.4) is 0 Å². The minimum atomic E-state index is -0.140. The number of hydrogen-bond donors (Lipinski definition) is 1. The third-order valence-corrected chi connectivity index (χ3v) is 5.41. The minimum Gasteiger partial charge on any atom is -0.483 e. The summed E-state index contributed by atoms with van der Waals surface area (Å²) in [6.07, 6.45) is 6.99. The topological polar surface area (TPSA) is 58.6 Å². The fourth-order valence-corrected chi connectivity index (χ4v) is 3.57. The van der Waals surface area contributed by atoms with Gasteiger partial charge in [-0.25, -0.2) is 0 Å². The first-order valence-corrected chi connectivity index (χ1v) is 10.1. The molecular formula is C22H30N2O3. The van der Waals surface area contributed by atoms with E-state index in [4.69, 9.17) is 4.74 Å². The average Bonchev–Trinajstić information content (AvgIpc) is 3.39. The van der Waals surface area contributed by atoms with Crippen LogP contribution in [-0.4, -0.2) is 36.4 Å². The maximum absolute atomic E-state index is 12.4. The van der Waals surface area contributed by atoms with Crippen LogP contribution in [0, 0.1) is 5.92 Å². The van der Waals surface area contributed by atoms with Crippen LogP contribution in [-0.2, 0) is 9.59 Å². The third kappa shape index (κ3) is 5.34. The number of allylic oxidation sites excluding steroid dienone is 1. The zero-order valence-corrected chi connectivity index (χ0v) is 16.4. The number of amides is 2. The molecule has 0 aromatic heterocycles. The molecule has 1 aromatic rings. The van der Waals surface area contributed by atoms with E-state index >= 15 is 0 Å². The first kappa shape index (κ1) is 19.5. The maximum atomic E-state index is 12.4. The lowest BCUT2D eigenvalue weighted by Crippen LogP contribution is -2.32. The number of rotatable bonds is 8. The van der Waals surface area contributed by atoms with Crippen molar-refractivity contribution in [3.05, 3.63) is 41.5 Å². The number of hydrogen-bond acceptors (Lipinski definition) is 3. The van der Waals surface area contributed by atoms with Gasteiger partial charge in [-0.3, -0.25) is 9.59 Å². The molecule has 146 valence electrons. The first-order chi connectivity index (χ1) is 13.1. The summed E-state index contributed by atoms with van der Waals surface area (Å²) < 4.78 is 5.85. The number of benzene rings is 1. The highest BCUT2D eigenvalue weighted by molar-refractivity contribution is 5.88. The zero-order valence-electron chi connectivity index (χ0n) is 16.4. The lowest BCUT2D eigenvalue weighted by Gasteiger charge is -2.21. The maximum Gasteiger partial charge on any atom is 0.260 e. The van der Waals surface area contributed by atoms with Gasteiger partial charge in [-0.15, -0.1) is 0 Å². The molecular weight excluding hydrogens is 340 g/mol. The fraction of sp³-hybridized carbons (Fsp3) is 0.545. The Balaban J connectivity index is 1.64. The van der Waals surface area contributed by atoms with E-state index in [0.29, 0.717) is 11.7 Å². The van der Waals surface area contributed by atoms with Crippen LogP contribution in [0.4, 0.5) is 0 Å². The molecule has 1 saturated carbocycles. The summed E-state index contributed by atoms with van der Waals surface area (Å²) in [4.78, 5) is 26.5. The lowest BCUT2D eigenvalue weighted by atomic mass is 10.0. The molecule has 2 amide bonds. The van der Waals surface area contributed by atoms with Crippen molar-refractivity contribution in [3.63, 3.8) is 0 Å². The van der Waals surface area contributed by atoms with Crippen LogP contribution in [0.5, 0.6) is 5.75 Å². The number of carbonyl (C=O) groups excluding carboxylic acids is 2. The van der Waals surface area contributed by atoms with Crippen molar-refractivity contribution in [2.24, 2.45) is 5.92 Å². The molecule has 2 fully saturated rings. The standard InChI is InChI=1S/C22H30N2O3/c1-3-19(23-21(25)14-16(2)17-10-11-17)18-8-4-5-9-20(18)27-15-22(26)24-12-6-7-13-24/h4-5,8-9,14,17,19H,3,6-7,10-13,15H2,1-2H3,(H,23,25)/b16-14+/t19-/m1/s1. The Morgan fingerprint density at radius 1 is 1.26 bits per heavy atom. The van der Waals surface area contributed by atoms with Gasteiger partial charge in [0.15, 0.2) is 6.61 Å². The Kier molecular flexibility index (Phi) is 6.54. The van der Waals surface area contributed by atoms with Crippen molar-refractivity contribution in [1.29, 1.82) is 0 Å². The molecule has 0 bridgehead atoms. The molecule has 5 nitrogen and oxygen atoms in total. The molecule has 2 aliphatic rings. The Morgan fingerprint density at radius 2 is 1.96 bits per heavy atom. The van der Waals surface area contributed by atoms with Crippen molar-refractivity contribution in [2.45, 2.75) is 52.0 Å². The van der Waals surface area contributed by atoms with E-state index in [1.807, 2.05) is 43.0 Å². The van der Waals surface area contributed by atoms with Gasteiger partial charge in [0.05, 0.1) is 6.04 Å². The molecule has 0 spiro atoms. The lowest BCUT2D eigenvalue weighted by molar-refractivity contribution is -0.132. The number of para-hydroxylation sites is 1. The summed E-state index contributed by atoms with van der Waals surface area (Å²) in [5.74, 6) is 1.22. The summed E-state index contributed by atoms with van der Waals surface area (Å²) in [6, 6.07) is 7.52. The Morgan fingerprint density at radius 3 is 2.63 bits per heavy atom. The Bertz CT molecular complexity index is 703. The van der Waals surface area contributed by atoms with Crippen molar-refractivity contribution < 1.29 is 14.3 Å². The van der Waals surface area contributed by atoms with Gasteiger partial charge >= 0.3 is 0 Å². The summed E-state index contributed by atoms with van der Waals surface area (Å²) >= 11 is 0. The molecule has 0 unspecified atom stereocenters. The smallest absolute Gasteiger partial charge is 0.260 e. The summed E-state index contributed by atoms with van der Waals surface area (Å²) in [5.41, 5.74) is 2.07. The summed E-state index contributed by atoms with van der Waals surface area (Å²) in [5, 5.41) is 3.09. The zero-order chi connectivity index (χ0) is 19.2. The second kappa shape index (κ2) is 9.07. The van der Waals surface area contributed by atoms with Gasteiger partial charge < -0.3 is 15.0 Å². The van der Waals surface area contributed by atoms with Crippen molar-refractivity contribution >= 4 is 11.8 Å². The van der Waals surface area contributed by atoms with Gasteiger partial charge in [0.25, 0.3) is 5.91 Å². The first-order valence-electron chi connectivity index (χ1n) is 10.1. The van der Waals surface area contributed by atoms with Crippen LogP contribution in [0.2, 0.25) is 0 Å². The van der Waals surface area contributed by atoms with Crippen LogP contribution >= 0.6 is 0 Å². The van der Waals surface area contributed by atoms with E-state index in [2.05, 4.69) is 5.32 Å². The van der Waals surface area contributed by atoms with Crippen LogP contribution in [0.25, 0.3) is 0 Å². The molecule has 3 rings (SSSR count). The molecule has 27 heavy (non-hydrogen) atoms. The molecule has 1 aliphatic carbocycles. The fourth-order valence-electron chi connectivity index (χ4n) is 3.57. The van der Waals surface area contributed by atoms with Crippen LogP contribution in [0.15, 0.2) is 35.9 Å². The molecule has 1 saturated heterocycles. The summed E-state index contributed by atoms with van der Waals surface area (Å²) in [6.45, 7) is 5.75. The highest BCUT2D eigenvalue weighted by Crippen LogP contribution is 2.36. The number of ether oxygens (including phenoxy) is 1. The monoisotopic (exact) mass is 370 g/mol. The van der Waals surface area contributed by atoms with Gasteiger partial charge in [-0.2, -0.15) is 0 Å². The highest BCUT2D eigenvalue weighted by atomic mass is 16.5. The molecule has 0 radical (unpaired) electrons.